The Hall–Kier alpha value is -2.81. The Labute approximate surface area is 135 Å². The lowest BCUT2D eigenvalue weighted by Crippen LogP contribution is -2.22. The normalized spacial score (nSPS) is 16.9. The molecule has 6 heteroatoms. The fourth-order valence-corrected chi connectivity index (χ4v) is 2.77. The first kappa shape index (κ1) is 15.1. The third-order valence-corrected chi connectivity index (χ3v) is 4.04. The van der Waals surface area contributed by atoms with Gasteiger partial charge in [-0.2, -0.15) is 5.26 Å². The van der Waals surface area contributed by atoms with Gasteiger partial charge in [0, 0.05) is 31.4 Å². The summed E-state index contributed by atoms with van der Waals surface area (Å²) in [5, 5.41) is 12.0. The highest BCUT2D eigenvalue weighted by Crippen LogP contribution is 2.26. The number of anilines is 2. The minimum Gasteiger partial charge on any atom is -0.497 e. The molecule has 1 fully saturated rings. The van der Waals surface area contributed by atoms with Gasteiger partial charge in [-0.15, -0.1) is 0 Å². The van der Waals surface area contributed by atoms with Crippen molar-refractivity contribution in [3.63, 3.8) is 0 Å². The van der Waals surface area contributed by atoms with Crippen molar-refractivity contribution in [2.24, 2.45) is 5.92 Å². The summed E-state index contributed by atoms with van der Waals surface area (Å²) in [5.74, 6) is 2.15. The van der Waals surface area contributed by atoms with Crippen LogP contribution in [0.4, 0.5) is 11.5 Å². The molecule has 0 spiro atoms. The Balaban J connectivity index is 1.54. The van der Waals surface area contributed by atoms with E-state index >= 15 is 0 Å². The predicted octanol–water partition coefficient (Wildman–Crippen LogP) is 2.30. The minimum absolute atomic E-state index is 0.334. The molecule has 1 N–H and O–H groups in total. The monoisotopic (exact) mass is 309 g/mol. The molecule has 1 aliphatic heterocycles. The fourth-order valence-electron chi connectivity index (χ4n) is 2.77. The molecule has 0 radical (unpaired) electrons. The van der Waals surface area contributed by atoms with Gasteiger partial charge in [-0.05, 0) is 24.5 Å². The summed E-state index contributed by atoms with van der Waals surface area (Å²) in [5.41, 5.74) is 1.53. The molecule has 2 heterocycles. The molecule has 6 nitrogen and oxygen atoms in total. The van der Waals surface area contributed by atoms with Crippen LogP contribution in [0.15, 0.2) is 36.7 Å². The van der Waals surface area contributed by atoms with Crippen molar-refractivity contribution in [3.05, 3.63) is 42.4 Å². The number of hydrogen-bond acceptors (Lipinski definition) is 6. The Kier molecular flexibility index (Phi) is 4.57. The van der Waals surface area contributed by atoms with Crippen LogP contribution >= 0.6 is 0 Å². The number of nitriles is 1. The van der Waals surface area contributed by atoms with Crippen LogP contribution in [0.3, 0.4) is 0 Å². The second-order valence-corrected chi connectivity index (χ2v) is 5.58. The average Bonchev–Trinajstić information content (AvgIpc) is 3.09. The number of ether oxygens (including phenoxy) is 1. The van der Waals surface area contributed by atoms with Crippen molar-refractivity contribution >= 4 is 11.5 Å². The van der Waals surface area contributed by atoms with Crippen LogP contribution in [0.5, 0.6) is 5.75 Å². The number of methoxy groups -OCH3 is 1. The molecule has 118 valence electrons. The van der Waals surface area contributed by atoms with Crippen LogP contribution in [-0.2, 0) is 0 Å². The number of nitrogens with zero attached hydrogens (tertiary/aromatic N) is 4. The van der Waals surface area contributed by atoms with Gasteiger partial charge in [0.1, 0.15) is 17.6 Å². The number of aromatic nitrogens is 2. The van der Waals surface area contributed by atoms with Gasteiger partial charge >= 0.3 is 0 Å². The number of rotatable bonds is 5. The molecule has 3 rings (SSSR count). The number of nitrogens with one attached hydrogen (secondary N) is 1. The van der Waals surface area contributed by atoms with E-state index in [1.165, 1.54) is 11.9 Å². The van der Waals surface area contributed by atoms with Gasteiger partial charge in [0.05, 0.1) is 19.5 Å². The van der Waals surface area contributed by atoms with Gasteiger partial charge in [0.25, 0.3) is 0 Å². The highest BCUT2D eigenvalue weighted by molar-refractivity contribution is 5.51. The smallest absolute Gasteiger partial charge is 0.158 e. The summed E-state index contributed by atoms with van der Waals surface area (Å²) in [4.78, 5) is 10.6. The van der Waals surface area contributed by atoms with E-state index in [0.717, 1.165) is 31.8 Å². The van der Waals surface area contributed by atoms with Crippen molar-refractivity contribution < 1.29 is 4.74 Å². The second kappa shape index (κ2) is 6.97. The van der Waals surface area contributed by atoms with E-state index in [9.17, 15) is 0 Å². The van der Waals surface area contributed by atoms with Crippen molar-refractivity contribution in [2.75, 3.05) is 37.0 Å². The molecule has 0 bridgehead atoms. The van der Waals surface area contributed by atoms with Crippen molar-refractivity contribution in [2.45, 2.75) is 6.42 Å². The van der Waals surface area contributed by atoms with E-state index in [-0.39, 0.29) is 0 Å². The van der Waals surface area contributed by atoms with Crippen LogP contribution in [0.1, 0.15) is 12.1 Å². The van der Waals surface area contributed by atoms with Crippen LogP contribution in [0, 0.1) is 17.2 Å². The first-order valence-corrected chi connectivity index (χ1v) is 7.63. The van der Waals surface area contributed by atoms with Crippen LogP contribution in [0.2, 0.25) is 0 Å². The van der Waals surface area contributed by atoms with E-state index in [1.54, 1.807) is 13.3 Å². The lowest BCUT2D eigenvalue weighted by molar-refractivity contribution is 0.415. The summed E-state index contributed by atoms with van der Waals surface area (Å²) in [6.07, 6.45) is 4.22. The van der Waals surface area contributed by atoms with Crippen molar-refractivity contribution in [3.8, 4) is 11.8 Å². The fraction of sp³-hybridized carbons (Fsp3) is 0.353. The zero-order valence-electron chi connectivity index (χ0n) is 13.1. The molecule has 1 aromatic carbocycles. The molecule has 1 atom stereocenters. The Morgan fingerprint density at radius 3 is 3.04 bits per heavy atom. The molecule has 1 saturated heterocycles. The third kappa shape index (κ3) is 3.69. The van der Waals surface area contributed by atoms with Gasteiger partial charge < -0.3 is 15.0 Å². The van der Waals surface area contributed by atoms with Gasteiger partial charge in [0.15, 0.2) is 5.69 Å². The summed E-state index contributed by atoms with van der Waals surface area (Å²) < 4.78 is 5.29. The Bertz CT molecular complexity index is 695. The first-order chi connectivity index (χ1) is 11.3. The number of hydrogen-bond donors (Lipinski definition) is 1. The third-order valence-electron chi connectivity index (χ3n) is 4.04. The Morgan fingerprint density at radius 1 is 1.39 bits per heavy atom. The maximum Gasteiger partial charge on any atom is 0.158 e. The van der Waals surface area contributed by atoms with Crippen LogP contribution in [-0.4, -0.2) is 36.7 Å². The highest BCUT2D eigenvalue weighted by atomic mass is 16.5. The standard InChI is InChI=1S/C17H19N5O/c1-23-16-4-2-3-15(7-16)22-6-5-13(12-22)9-20-17-11-19-14(8-18)10-21-17/h2-4,7,10-11,13H,5-6,9,12H2,1H3,(H,20,21). The van der Waals surface area contributed by atoms with E-state index in [2.05, 4.69) is 32.3 Å². The molecule has 0 saturated carbocycles. The van der Waals surface area contributed by atoms with Crippen molar-refractivity contribution in [1.29, 1.82) is 5.26 Å². The molecule has 1 aliphatic rings. The van der Waals surface area contributed by atoms with Gasteiger partial charge in [-0.25, -0.2) is 9.97 Å². The second-order valence-electron chi connectivity index (χ2n) is 5.58. The van der Waals surface area contributed by atoms with E-state index in [4.69, 9.17) is 10.00 Å². The average molecular weight is 309 g/mol. The van der Waals surface area contributed by atoms with Gasteiger partial charge in [-0.1, -0.05) is 6.07 Å². The molecular formula is C17H19N5O. The molecule has 23 heavy (non-hydrogen) atoms. The molecule has 2 aromatic rings. The zero-order chi connectivity index (χ0) is 16.1. The zero-order valence-corrected chi connectivity index (χ0v) is 13.1. The van der Waals surface area contributed by atoms with Crippen molar-refractivity contribution in [1.82, 2.24) is 9.97 Å². The lowest BCUT2D eigenvalue weighted by atomic mass is 10.1. The lowest BCUT2D eigenvalue weighted by Gasteiger charge is -2.19. The molecular weight excluding hydrogens is 290 g/mol. The quantitative estimate of drug-likeness (QED) is 0.913. The van der Waals surface area contributed by atoms with Gasteiger partial charge in [-0.3, -0.25) is 0 Å². The SMILES string of the molecule is COc1cccc(N2CCC(CNc3cnc(C#N)cn3)C2)c1. The van der Waals surface area contributed by atoms with Crippen LogP contribution < -0.4 is 15.0 Å². The molecule has 1 aromatic heterocycles. The summed E-state index contributed by atoms with van der Waals surface area (Å²) in [6.45, 7) is 2.89. The van der Waals surface area contributed by atoms with E-state index in [1.807, 2.05) is 18.2 Å². The first-order valence-electron chi connectivity index (χ1n) is 7.63. The van der Waals surface area contributed by atoms with E-state index in [0.29, 0.717) is 17.4 Å². The summed E-state index contributed by atoms with van der Waals surface area (Å²) >= 11 is 0. The topological polar surface area (TPSA) is 74.1 Å². The molecule has 0 amide bonds. The Morgan fingerprint density at radius 2 is 2.30 bits per heavy atom. The maximum atomic E-state index is 8.72. The van der Waals surface area contributed by atoms with Crippen LogP contribution in [0.25, 0.3) is 0 Å². The predicted molar refractivity (Wildman–Crippen MR) is 88.6 cm³/mol. The molecule has 0 aliphatic carbocycles. The number of benzene rings is 1. The largest absolute Gasteiger partial charge is 0.497 e. The maximum absolute atomic E-state index is 8.72. The highest BCUT2D eigenvalue weighted by Gasteiger charge is 2.22. The molecule has 1 unspecified atom stereocenters. The minimum atomic E-state index is 0.334. The summed E-state index contributed by atoms with van der Waals surface area (Å²) in [7, 11) is 1.69. The van der Waals surface area contributed by atoms with E-state index < -0.39 is 0 Å². The van der Waals surface area contributed by atoms with Gasteiger partial charge in [0.2, 0.25) is 0 Å². The summed E-state index contributed by atoms with van der Waals surface area (Å²) in [6, 6.07) is 10.1.